The first-order chi connectivity index (χ1) is 11.5. The van der Waals surface area contributed by atoms with Crippen LogP contribution in [0.4, 0.5) is 0 Å². The Hall–Kier alpha value is -1.79. The number of aromatic amines is 1. The molecule has 0 aliphatic heterocycles. The van der Waals surface area contributed by atoms with Crippen LogP contribution in [-0.4, -0.2) is 31.1 Å². The predicted octanol–water partition coefficient (Wildman–Crippen LogP) is 4.41. The van der Waals surface area contributed by atoms with Gasteiger partial charge in [-0.15, -0.1) is 0 Å². The van der Waals surface area contributed by atoms with E-state index in [9.17, 15) is 4.79 Å². The highest BCUT2D eigenvalue weighted by Crippen LogP contribution is 2.23. The Labute approximate surface area is 149 Å². The third-order valence-electron chi connectivity index (χ3n) is 3.94. The van der Waals surface area contributed by atoms with Gasteiger partial charge in [0.25, 0.3) is 0 Å². The van der Waals surface area contributed by atoms with Crippen LogP contribution in [0, 0.1) is 13.8 Å². The minimum atomic E-state index is 0.113. The van der Waals surface area contributed by atoms with Crippen LogP contribution >= 0.6 is 23.4 Å². The number of carbonyl (C=O) groups excluding carboxylic acids is 1. The van der Waals surface area contributed by atoms with Crippen molar-refractivity contribution in [1.29, 1.82) is 0 Å². The number of hydrogen-bond acceptors (Lipinski definition) is 4. The number of H-pyrrole nitrogens is 1. The molecule has 0 saturated heterocycles. The molecule has 0 aliphatic carbocycles. The molecule has 0 amide bonds. The number of fused-ring (bicyclic) bond motifs is 1. The molecule has 3 rings (SSSR count). The van der Waals surface area contributed by atoms with E-state index in [2.05, 4.69) is 26.4 Å². The SMILES string of the molecule is CCCn1c(C)cc(C(=O)CSc2nc3ncc(Cl)cc3[nH]2)c1C. The zero-order valence-corrected chi connectivity index (χ0v) is 15.5. The molecule has 0 spiro atoms. The second-order valence-corrected chi connectivity index (χ2v) is 7.12. The molecule has 3 aromatic heterocycles. The van der Waals surface area contributed by atoms with E-state index >= 15 is 0 Å². The number of aryl methyl sites for hydroxylation is 1. The van der Waals surface area contributed by atoms with Crippen molar-refractivity contribution in [3.63, 3.8) is 0 Å². The lowest BCUT2D eigenvalue weighted by atomic mass is 10.2. The van der Waals surface area contributed by atoms with Gasteiger partial charge in [0.15, 0.2) is 16.6 Å². The number of aromatic nitrogens is 4. The van der Waals surface area contributed by atoms with Gasteiger partial charge in [-0.1, -0.05) is 30.3 Å². The summed E-state index contributed by atoms with van der Waals surface area (Å²) >= 11 is 7.31. The maximum Gasteiger partial charge on any atom is 0.178 e. The van der Waals surface area contributed by atoms with Crippen LogP contribution in [0.25, 0.3) is 11.2 Å². The van der Waals surface area contributed by atoms with Crippen molar-refractivity contribution in [2.75, 3.05) is 5.75 Å². The number of nitrogens with one attached hydrogen (secondary N) is 1. The number of thioether (sulfide) groups is 1. The fourth-order valence-corrected chi connectivity index (χ4v) is 3.70. The average molecular weight is 363 g/mol. The second kappa shape index (κ2) is 6.99. The van der Waals surface area contributed by atoms with Crippen LogP contribution in [-0.2, 0) is 6.54 Å². The molecule has 0 radical (unpaired) electrons. The van der Waals surface area contributed by atoms with Crippen molar-refractivity contribution in [3.05, 3.63) is 40.3 Å². The van der Waals surface area contributed by atoms with Gasteiger partial charge in [0.05, 0.1) is 16.3 Å². The summed E-state index contributed by atoms with van der Waals surface area (Å²) in [6.45, 7) is 7.13. The summed E-state index contributed by atoms with van der Waals surface area (Å²) in [4.78, 5) is 24.2. The molecule has 0 fully saturated rings. The van der Waals surface area contributed by atoms with E-state index in [1.54, 1.807) is 12.3 Å². The minimum absolute atomic E-state index is 0.113. The Kier molecular flexibility index (Phi) is 4.96. The summed E-state index contributed by atoms with van der Waals surface area (Å²) in [5.74, 6) is 0.450. The van der Waals surface area contributed by atoms with Crippen molar-refractivity contribution < 1.29 is 4.79 Å². The molecule has 1 N–H and O–H groups in total. The highest BCUT2D eigenvalue weighted by Gasteiger charge is 2.16. The Morgan fingerprint density at radius 1 is 1.38 bits per heavy atom. The molecular formula is C17H19ClN4OS. The molecule has 7 heteroatoms. The maximum absolute atomic E-state index is 12.6. The average Bonchev–Trinajstić information content (AvgIpc) is 3.07. The molecule has 5 nitrogen and oxygen atoms in total. The quantitative estimate of drug-likeness (QED) is 0.521. The van der Waals surface area contributed by atoms with Gasteiger partial charge in [-0.3, -0.25) is 4.79 Å². The van der Waals surface area contributed by atoms with Crippen LogP contribution in [0.1, 0.15) is 35.1 Å². The van der Waals surface area contributed by atoms with Gasteiger partial charge in [0, 0.05) is 29.7 Å². The summed E-state index contributed by atoms with van der Waals surface area (Å²) in [6.07, 6.45) is 2.61. The molecule has 0 unspecified atom stereocenters. The number of rotatable bonds is 6. The predicted molar refractivity (Wildman–Crippen MR) is 98.2 cm³/mol. The number of pyridine rings is 1. The van der Waals surface area contributed by atoms with E-state index in [1.165, 1.54) is 11.8 Å². The summed E-state index contributed by atoms with van der Waals surface area (Å²) < 4.78 is 2.20. The summed E-state index contributed by atoms with van der Waals surface area (Å²) in [7, 11) is 0. The molecule has 126 valence electrons. The molecule has 3 heterocycles. The van der Waals surface area contributed by atoms with E-state index in [1.807, 2.05) is 19.9 Å². The van der Waals surface area contributed by atoms with Crippen molar-refractivity contribution in [1.82, 2.24) is 19.5 Å². The Morgan fingerprint density at radius 3 is 2.92 bits per heavy atom. The summed E-state index contributed by atoms with van der Waals surface area (Å²) in [5.41, 5.74) is 4.35. The lowest BCUT2D eigenvalue weighted by Gasteiger charge is -2.07. The first kappa shape index (κ1) is 17.0. The van der Waals surface area contributed by atoms with Crippen LogP contribution < -0.4 is 0 Å². The molecule has 0 saturated carbocycles. The van der Waals surface area contributed by atoms with E-state index in [-0.39, 0.29) is 5.78 Å². The second-order valence-electron chi connectivity index (χ2n) is 5.71. The molecule has 3 aromatic rings. The van der Waals surface area contributed by atoms with E-state index in [0.29, 0.717) is 21.6 Å². The van der Waals surface area contributed by atoms with Crippen LogP contribution in [0.3, 0.4) is 0 Å². The fourth-order valence-electron chi connectivity index (χ4n) is 2.78. The van der Waals surface area contributed by atoms with Gasteiger partial charge in [0.1, 0.15) is 0 Å². The van der Waals surface area contributed by atoms with E-state index in [4.69, 9.17) is 11.6 Å². The number of carbonyl (C=O) groups is 1. The highest BCUT2D eigenvalue weighted by molar-refractivity contribution is 7.99. The summed E-state index contributed by atoms with van der Waals surface area (Å²) in [5, 5.41) is 1.23. The topological polar surface area (TPSA) is 63.6 Å². The number of imidazole rings is 1. The van der Waals surface area contributed by atoms with Crippen molar-refractivity contribution in [2.24, 2.45) is 0 Å². The fraction of sp³-hybridized carbons (Fsp3) is 0.353. The van der Waals surface area contributed by atoms with Gasteiger partial charge in [-0.25, -0.2) is 9.97 Å². The first-order valence-electron chi connectivity index (χ1n) is 7.83. The monoisotopic (exact) mass is 362 g/mol. The van der Waals surface area contributed by atoms with Gasteiger partial charge in [-0.05, 0) is 32.4 Å². The Morgan fingerprint density at radius 2 is 2.17 bits per heavy atom. The molecule has 0 aromatic carbocycles. The van der Waals surface area contributed by atoms with Crippen LogP contribution in [0.2, 0.25) is 5.02 Å². The molecule has 0 aliphatic rings. The van der Waals surface area contributed by atoms with Gasteiger partial charge < -0.3 is 9.55 Å². The normalized spacial score (nSPS) is 11.3. The first-order valence-corrected chi connectivity index (χ1v) is 9.20. The number of hydrogen-bond donors (Lipinski definition) is 1. The zero-order valence-electron chi connectivity index (χ0n) is 13.9. The van der Waals surface area contributed by atoms with Crippen LogP contribution in [0.5, 0.6) is 0 Å². The third-order valence-corrected chi connectivity index (χ3v) is 5.02. The molecular weight excluding hydrogens is 344 g/mol. The lowest BCUT2D eigenvalue weighted by molar-refractivity contribution is 0.102. The largest absolute Gasteiger partial charge is 0.348 e. The van der Waals surface area contributed by atoms with Gasteiger partial charge in [-0.2, -0.15) is 0 Å². The van der Waals surface area contributed by atoms with Crippen molar-refractivity contribution in [2.45, 2.75) is 38.9 Å². The standard InChI is InChI=1S/C17H19ClN4OS/c1-4-5-22-10(2)6-13(11(22)3)15(23)9-24-17-20-14-7-12(18)8-19-16(14)21-17/h6-8H,4-5,9H2,1-3H3,(H,19,20,21). The third kappa shape index (κ3) is 3.35. The van der Waals surface area contributed by atoms with Gasteiger partial charge >= 0.3 is 0 Å². The smallest absolute Gasteiger partial charge is 0.178 e. The number of halogens is 1. The number of Topliss-reactive ketones (excluding diaryl/α,β-unsaturated/α-hetero) is 1. The zero-order chi connectivity index (χ0) is 17.3. The number of ketones is 1. The van der Waals surface area contributed by atoms with Crippen molar-refractivity contribution in [3.8, 4) is 0 Å². The Bertz CT molecular complexity index is 900. The van der Waals surface area contributed by atoms with Crippen LogP contribution in [0.15, 0.2) is 23.5 Å². The highest BCUT2D eigenvalue weighted by atomic mass is 35.5. The molecule has 0 bridgehead atoms. The number of nitrogens with zero attached hydrogens (tertiary/aromatic N) is 3. The minimum Gasteiger partial charge on any atom is -0.348 e. The van der Waals surface area contributed by atoms with Gasteiger partial charge in [0.2, 0.25) is 0 Å². The van der Waals surface area contributed by atoms with Crippen molar-refractivity contribution >= 4 is 40.3 Å². The summed E-state index contributed by atoms with van der Waals surface area (Å²) in [6, 6.07) is 3.76. The molecule has 0 atom stereocenters. The van der Waals surface area contributed by atoms with E-state index in [0.717, 1.165) is 35.4 Å². The molecule has 24 heavy (non-hydrogen) atoms. The van der Waals surface area contributed by atoms with E-state index < -0.39 is 0 Å². The Balaban J connectivity index is 1.74. The maximum atomic E-state index is 12.6. The lowest BCUT2D eigenvalue weighted by Crippen LogP contribution is -2.06.